The molecule has 34 heavy (non-hydrogen) atoms. The maximum Gasteiger partial charge on any atom is 0.258 e. The number of sulfonamides is 1. The Kier molecular flexibility index (Phi) is 7.26. The van der Waals surface area contributed by atoms with Crippen LogP contribution in [-0.2, 0) is 29.1 Å². The molecule has 2 heterocycles. The molecule has 1 aliphatic carbocycles. The molecule has 0 spiro atoms. The number of fused-ring (bicyclic) bond motifs is 1. The van der Waals surface area contributed by atoms with Crippen molar-refractivity contribution in [2.75, 3.05) is 38.2 Å². The Bertz CT molecular complexity index is 1090. The smallest absolute Gasteiger partial charge is 0.258 e. The Morgan fingerprint density at radius 3 is 2.18 bits per heavy atom. The minimum Gasteiger partial charge on any atom is -0.379 e. The number of hydrogen-bond donors (Lipinski definition) is 3. The molecule has 0 radical (unpaired) electrons. The fourth-order valence-electron chi connectivity index (χ4n) is 4.14. The predicted molar refractivity (Wildman–Crippen MR) is 126 cm³/mol. The molecule has 0 unspecified atom stereocenters. The zero-order valence-corrected chi connectivity index (χ0v) is 19.9. The maximum absolute atomic E-state index is 12.7. The minimum absolute atomic E-state index is 0.0501. The number of amides is 3. The Labute approximate surface area is 202 Å². The van der Waals surface area contributed by atoms with Crippen molar-refractivity contribution in [3.8, 4) is 0 Å². The zero-order chi connectivity index (χ0) is 24.3. The molecule has 2 aliphatic heterocycles. The lowest BCUT2D eigenvalue weighted by Crippen LogP contribution is -2.49. The van der Waals surface area contributed by atoms with Crippen molar-refractivity contribution in [1.82, 2.24) is 20.1 Å². The first-order valence-corrected chi connectivity index (χ1v) is 12.7. The summed E-state index contributed by atoms with van der Waals surface area (Å²) >= 11 is 5.14. The third-order valence-electron chi connectivity index (χ3n) is 5.94. The van der Waals surface area contributed by atoms with Crippen LogP contribution in [0.1, 0.15) is 12.8 Å². The summed E-state index contributed by atoms with van der Waals surface area (Å²) in [5, 5.41) is 2.88. The first-order chi connectivity index (χ1) is 16.3. The van der Waals surface area contributed by atoms with E-state index in [2.05, 4.69) is 16.2 Å². The van der Waals surface area contributed by atoms with Crippen LogP contribution in [0.4, 0.5) is 5.69 Å². The van der Waals surface area contributed by atoms with E-state index in [1.165, 1.54) is 16.4 Å². The van der Waals surface area contributed by atoms with Gasteiger partial charge in [-0.2, -0.15) is 4.31 Å². The van der Waals surface area contributed by atoms with E-state index in [4.69, 9.17) is 17.0 Å². The van der Waals surface area contributed by atoms with Crippen LogP contribution >= 0.6 is 12.2 Å². The third-order valence-corrected chi connectivity index (χ3v) is 8.05. The van der Waals surface area contributed by atoms with Gasteiger partial charge in [0.1, 0.15) is 6.54 Å². The van der Waals surface area contributed by atoms with Crippen LogP contribution < -0.4 is 16.2 Å². The van der Waals surface area contributed by atoms with Gasteiger partial charge in [-0.25, -0.2) is 8.42 Å². The van der Waals surface area contributed by atoms with Crippen molar-refractivity contribution in [3.63, 3.8) is 0 Å². The fraction of sp³-hybridized carbons (Fsp3) is 0.429. The minimum atomic E-state index is -3.60. The number of rotatable bonds is 5. The van der Waals surface area contributed by atoms with Crippen LogP contribution in [-0.4, -0.2) is 73.3 Å². The number of hydrazine groups is 1. The maximum atomic E-state index is 12.7. The molecule has 1 aromatic carbocycles. The number of allylic oxidation sites excluding steroid dienone is 2. The van der Waals surface area contributed by atoms with Gasteiger partial charge in [0.25, 0.3) is 5.91 Å². The SMILES string of the molecule is O=C(CN1C(=O)[C@H]2CC=CC[C@@H]2C1=O)NNC(=S)Nc1ccc(S(=O)(=O)N2CCOCC2)cc1. The van der Waals surface area contributed by atoms with E-state index in [0.717, 1.165) is 4.90 Å². The molecule has 3 aliphatic rings. The van der Waals surface area contributed by atoms with E-state index in [1.54, 1.807) is 12.1 Å². The average Bonchev–Trinajstić information content (AvgIpc) is 3.08. The molecular weight excluding hydrogens is 482 g/mol. The van der Waals surface area contributed by atoms with Gasteiger partial charge in [0.2, 0.25) is 21.8 Å². The molecule has 0 bridgehead atoms. The van der Waals surface area contributed by atoms with Crippen molar-refractivity contribution in [2.24, 2.45) is 11.8 Å². The molecule has 2 atom stereocenters. The number of morpholine rings is 1. The highest BCUT2D eigenvalue weighted by Crippen LogP contribution is 2.34. The first kappa shape index (κ1) is 24.3. The lowest BCUT2D eigenvalue weighted by atomic mass is 9.85. The normalized spacial score (nSPS) is 22.9. The van der Waals surface area contributed by atoms with Crippen molar-refractivity contribution >= 4 is 50.8 Å². The van der Waals surface area contributed by atoms with Crippen LogP contribution in [0.25, 0.3) is 0 Å². The van der Waals surface area contributed by atoms with Gasteiger partial charge >= 0.3 is 0 Å². The lowest BCUT2D eigenvalue weighted by Gasteiger charge is -2.26. The summed E-state index contributed by atoms with van der Waals surface area (Å²) in [5.41, 5.74) is 5.38. The number of likely N-dealkylation sites (tertiary alicyclic amines) is 1. The molecular formula is C21H25N5O6S2. The van der Waals surface area contributed by atoms with Crippen LogP contribution in [0.5, 0.6) is 0 Å². The van der Waals surface area contributed by atoms with E-state index >= 15 is 0 Å². The van der Waals surface area contributed by atoms with Crippen LogP contribution in [0, 0.1) is 11.8 Å². The molecule has 13 heteroatoms. The van der Waals surface area contributed by atoms with Crippen molar-refractivity contribution in [2.45, 2.75) is 17.7 Å². The summed E-state index contributed by atoms with van der Waals surface area (Å²) in [6.45, 7) is 0.950. The summed E-state index contributed by atoms with van der Waals surface area (Å²) in [5.74, 6) is -2.04. The molecule has 0 saturated carbocycles. The van der Waals surface area contributed by atoms with Gasteiger partial charge in [0.05, 0.1) is 29.9 Å². The van der Waals surface area contributed by atoms with E-state index in [-0.39, 0.29) is 21.8 Å². The Hall–Kier alpha value is -2.87. The van der Waals surface area contributed by atoms with Crippen LogP contribution in [0.15, 0.2) is 41.3 Å². The Morgan fingerprint density at radius 2 is 1.59 bits per heavy atom. The molecule has 4 rings (SSSR count). The van der Waals surface area contributed by atoms with Gasteiger partial charge in [-0.3, -0.25) is 30.1 Å². The molecule has 182 valence electrons. The monoisotopic (exact) mass is 507 g/mol. The average molecular weight is 508 g/mol. The Balaban J connectivity index is 1.26. The number of carbonyl (C=O) groups excluding carboxylic acids is 3. The van der Waals surface area contributed by atoms with E-state index in [0.29, 0.717) is 44.8 Å². The molecule has 2 fully saturated rings. The topological polar surface area (TPSA) is 137 Å². The molecule has 3 amide bonds. The number of hydrogen-bond acceptors (Lipinski definition) is 7. The second kappa shape index (κ2) is 10.2. The number of ether oxygens (including phenoxy) is 1. The lowest BCUT2D eigenvalue weighted by molar-refractivity contribution is -0.143. The predicted octanol–water partition coefficient (Wildman–Crippen LogP) is -0.0237. The quantitative estimate of drug-likeness (QED) is 0.217. The summed E-state index contributed by atoms with van der Waals surface area (Å²) in [7, 11) is -3.60. The fourth-order valence-corrected chi connectivity index (χ4v) is 5.72. The number of anilines is 1. The van der Waals surface area contributed by atoms with Crippen molar-refractivity contribution in [1.29, 1.82) is 0 Å². The van der Waals surface area contributed by atoms with Gasteiger partial charge in [0, 0.05) is 18.8 Å². The number of nitrogens with one attached hydrogen (secondary N) is 3. The summed E-state index contributed by atoms with van der Waals surface area (Å²) < 4.78 is 31.9. The largest absolute Gasteiger partial charge is 0.379 e. The Morgan fingerprint density at radius 1 is 1.00 bits per heavy atom. The highest BCUT2D eigenvalue weighted by Gasteiger charge is 2.47. The van der Waals surface area contributed by atoms with Gasteiger partial charge in [0.15, 0.2) is 5.11 Å². The van der Waals surface area contributed by atoms with Crippen molar-refractivity contribution < 1.29 is 27.5 Å². The summed E-state index contributed by atoms with van der Waals surface area (Å²) in [6.07, 6.45) is 4.77. The van der Waals surface area contributed by atoms with Crippen molar-refractivity contribution in [3.05, 3.63) is 36.4 Å². The standard InChI is InChI=1S/C21H25N5O6S2/c27-18(13-26-19(28)16-3-1-2-4-17(16)20(26)29)23-24-21(33)22-14-5-7-15(8-6-14)34(30,31)25-9-11-32-12-10-25/h1-2,5-8,16-17H,3-4,9-13H2,(H,23,27)(H2,22,24,33)/t16-,17-/m0/s1. The zero-order valence-electron chi connectivity index (χ0n) is 18.2. The molecule has 0 aromatic heterocycles. The van der Waals surface area contributed by atoms with Gasteiger partial charge < -0.3 is 10.1 Å². The highest BCUT2D eigenvalue weighted by atomic mass is 32.2. The number of nitrogens with zero attached hydrogens (tertiary/aromatic N) is 2. The van der Waals surface area contributed by atoms with E-state index < -0.39 is 34.3 Å². The number of carbonyl (C=O) groups is 3. The van der Waals surface area contributed by atoms with Crippen LogP contribution in [0.3, 0.4) is 0 Å². The van der Waals surface area contributed by atoms with Crippen LogP contribution in [0.2, 0.25) is 0 Å². The van der Waals surface area contributed by atoms with Gasteiger partial charge in [-0.1, -0.05) is 12.2 Å². The second-order valence-corrected chi connectivity index (χ2v) is 10.4. The molecule has 3 N–H and O–H groups in total. The van der Waals surface area contributed by atoms with E-state index in [9.17, 15) is 22.8 Å². The van der Waals surface area contributed by atoms with E-state index in [1.807, 2.05) is 12.2 Å². The molecule has 11 nitrogen and oxygen atoms in total. The number of thiocarbonyl (C=S) groups is 1. The summed E-state index contributed by atoms with van der Waals surface area (Å²) in [4.78, 5) is 38.3. The third kappa shape index (κ3) is 5.12. The number of benzene rings is 1. The molecule has 2 saturated heterocycles. The molecule has 1 aromatic rings. The van der Waals surface area contributed by atoms with Gasteiger partial charge in [-0.05, 0) is 49.3 Å². The number of imide groups is 1. The highest BCUT2D eigenvalue weighted by molar-refractivity contribution is 7.89. The first-order valence-electron chi connectivity index (χ1n) is 10.8. The summed E-state index contributed by atoms with van der Waals surface area (Å²) in [6, 6.07) is 6.04. The second-order valence-electron chi connectivity index (χ2n) is 8.09. The van der Waals surface area contributed by atoms with Gasteiger partial charge in [-0.15, -0.1) is 0 Å².